The van der Waals surface area contributed by atoms with E-state index in [1.807, 2.05) is 0 Å². The van der Waals surface area contributed by atoms with E-state index < -0.39 is 0 Å². The van der Waals surface area contributed by atoms with Gasteiger partial charge in [0.15, 0.2) is 5.96 Å². The van der Waals surface area contributed by atoms with Gasteiger partial charge in [0.1, 0.15) is 0 Å². The monoisotopic (exact) mass is 284 g/mol. The SMILES string of the molecule is CCNC(=NCC1CCCN(C(C)C)C1)NCCOC. The molecule has 0 radical (unpaired) electrons. The van der Waals surface area contributed by atoms with Gasteiger partial charge in [-0.1, -0.05) is 0 Å². The van der Waals surface area contributed by atoms with Crippen molar-refractivity contribution in [2.75, 3.05) is 46.4 Å². The Labute approximate surface area is 124 Å². The number of piperidine rings is 1. The average Bonchev–Trinajstić information content (AvgIpc) is 2.45. The van der Waals surface area contributed by atoms with Crippen molar-refractivity contribution in [3.8, 4) is 0 Å². The molecule has 20 heavy (non-hydrogen) atoms. The van der Waals surface area contributed by atoms with Crippen LogP contribution in [0, 0.1) is 5.92 Å². The number of ether oxygens (including phenoxy) is 1. The number of nitrogens with one attached hydrogen (secondary N) is 2. The van der Waals surface area contributed by atoms with Crippen molar-refractivity contribution in [2.24, 2.45) is 10.9 Å². The van der Waals surface area contributed by atoms with Crippen LogP contribution in [0.4, 0.5) is 0 Å². The van der Waals surface area contributed by atoms with E-state index in [0.717, 1.165) is 25.6 Å². The number of hydrogen-bond donors (Lipinski definition) is 2. The molecule has 1 atom stereocenters. The number of nitrogens with zero attached hydrogens (tertiary/aromatic N) is 2. The second kappa shape index (κ2) is 10.00. The van der Waals surface area contributed by atoms with Crippen LogP contribution in [0.2, 0.25) is 0 Å². The van der Waals surface area contributed by atoms with Crippen LogP contribution in [-0.2, 0) is 4.74 Å². The lowest BCUT2D eigenvalue weighted by Crippen LogP contribution is -2.42. The van der Waals surface area contributed by atoms with E-state index in [1.165, 1.54) is 25.9 Å². The highest BCUT2D eigenvalue weighted by Crippen LogP contribution is 2.18. The molecule has 1 heterocycles. The summed E-state index contributed by atoms with van der Waals surface area (Å²) in [5.74, 6) is 1.59. The van der Waals surface area contributed by atoms with Gasteiger partial charge in [0.2, 0.25) is 0 Å². The van der Waals surface area contributed by atoms with E-state index in [-0.39, 0.29) is 0 Å². The molecule has 1 unspecified atom stereocenters. The first-order valence-corrected chi connectivity index (χ1v) is 7.92. The van der Waals surface area contributed by atoms with Crippen molar-refractivity contribution in [2.45, 2.75) is 39.7 Å². The fourth-order valence-corrected chi connectivity index (χ4v) is 2.55. The quantitative estimate of drug-likeness (QED) is 0.420. The molecule has 0 aliphatic carbocycles. The summed E-state index contributed by atoms with van der Waals surface area (Å²) in [6.45, 7) is 12.4. The Morgan fingerprint density at radius 2 is 2.20 bits per heavy atom. The number of hydrogen-bond acceptors (Lipinski definition) is 3. The van der Waals surface area contributed by atoms with Gasteiger partial charge in [0, 0.05) is 39.3 Å². The molecule has 1 rings (SSSR count). The zero-order chi connectivity index (χ0) is 14.8. The highest BCUT2D eigenvalue weighted by molar-refractivity contribution is 5.79. The van der Waals surface area contributed by atoms with Gasteiger partial charge < -0.3 is 20.3 Å². The summed E-state index contributed by atoms with van der Waals surface area (Å²) in [7, 11) is 1.72. The normalized spacial score (nSPS) is 21.2. The lowest BCUT2D eigenvalue weighted by Gasteiger charge is -2.34. The van der Waals surface area contributed by atoms with Crippen LogP contribution < -0.4 is 10.6 Å². The molecule has 0 aromatic carbocycles. The molecule has 0 spiro atoms. The third-order valence-electron chi connectivity index (χ3n) is 3.73. The van der Waals surface area contributed by atoms with E-state index >= 15 is 0 Å². The van der Waals surface area contributed by atoms with Gasteiger partial charge in [0.25, 0.3) is 0 Å². The van der Waals surface area contributed by atoms with Gasteiger partial charge in [-0.25, -0.2) is 0 Å². The molecule has 0 saturated carbocycles. The minimum Gasteiger partial charge on any atom is -0.383 e. The molecule has 1 fully saturated rings. The van der Waals surface area contributed by atoms with Crippen molar-refractivity contribution in [1.29, 1.82) is 0 Å². The van der Waals surface area contributed by atoms with E-state index in [0.29, 0.717) is 18.6 Å². The lowest BCUT2D eigenvalue weighted by molar-refractivity contribution is 0.143. The van der Waals surface area contributed by atoms with Crippen LogP contribution in [0.3, 0.4) is 0 Å². The second-order valence-electron chi connectivity index (χ2n) is 5.74. The Kier molecular flexibility index (Phi) is 8.62. The standard InChI is InChI=1S/C15H32N4O/c1-5-16-15(17-8-10-20-4)18-11-14-7-6-9-19(12-14)13(2)3/h13-14H,5-12H2,1-4H3,(H2,16,17,18). The highest BCUT2D eigenvalue weighted by atomic mass is 16.5. The predicted octanol–water partition coefficient (Wildman–Crippen LogP) is 1.31. The van der Waals surface area contributed by atoms with E-state index in [9.17, 15) is 0 Å². The Hall–Kier alpha value is -0.810. The summed E-state index contributed by atoms with van der Waals surface area (Å²) in [6.07, 6.45) is 2.59. The van der Waals surface area contributed by atoms with Gasteiger partial charge in [-0.2, -0.15) is 0 Å². The molecule has 0 aromatic rings. The maximum absolute atomic E-state index is 5.05. The third kappa shape index (κ3) is 6.57. The molecule has 0 bridgehead atoms. The largest absolute Gasteiger partial charge is 0.383 e. The number of methoxy groups -OCH3 is 1. The van der Waals surface area contributed by atoms with Crippen LogP contribution in [0.25, 0.3) is 0 Å². The van der Waals surface area contributed by atoms with Gasteiger partial charge in [-0.3, -0.25) is 4.99 Å². The minimum atomic E-state index is 0.648. The molecule has 1 saturated heterocycles. The smallest absolute Gasteiger partial charge is 0.191 e. The van der Waals surface area contributed by atoms with Crippen molar-refractivity contribution >= 4 is 5.96 Å². The molecule has 0 aromatic heterocycles. The van der Waals surface area contributed by atoms with Crippen molar-refractivity contribution < 1.29 is 4.74 Å². The fraction of sp³-hybridized carbons (Fsp3) is 0.933. The van der Waals surface area contributed by atoms with Crippen LogP contribution >= 0.6 is 0 Å². The van der Waals surface area contributed by atoms with E-state index in [4.69, 9.17) is 9.73 Å². The number of likely N-dealkylation sites (tertiary alicyclic amines) is 1. The Balaban J connectivity index is 2.40. The van der Waals surface area contributed by atoms with Crippen LogP contribution in [0.5, 0.6) is 0 Å². The first-order chi connectivity index (χ1) is 9.67. The Morgan fingerprint density at radius 1 is 1.40 bits per heavy atom. The van der Waals surface area contributed by atoms with Gasteiger partial charge in [0.05, 0.1) is 6.61 Å². The van der Waals surface area contributed by atoms with Crippen LogP contribution in [0.1, 0.15) is 33.6 Å². The average molecular weight is 284 g/mol. The summed E-state index contributed by atoms with van der Waals surface area (Å²) in [5.41, 5.74) is 0. The molecule has 0 amide bonds. The summed E-state index contributed by atoms with van der Waals surface area (Å²) in [5, 5.41) is 6.58. The first-order valence-electron chi connectivity index (χ1n) is 7.92. The summed E-state index contributed by atoms with van der Waals surface area (Å²) >= 11 is 0. The first kappa shape index (κ1) is 17.2. The maximum atomic E-state index is 5.05. The number of guanidine groups is 1. The van der Waals surface area contributed by atoms with Crippen molar-refractivity contribution in [1.82, 2.24) is 15.5 Å². The Bertz CT molecular complexity index is 281. The van der Waals surface area contributed by atoms with Gasteiger partial charge >= 0.3 is 0 Å². The summed E-state index contributed by atoms with van der Waals surface area (Å²) < 4.78 is 5.05. The van der Waals surface area contributed by atoms with Crippen molar-refractivity contribution in [3.63, 3.8) is 0 Å². The predicted molar refractivity (Wildman–Crippen MR) is 85.3 cm³/mol. The van der Waals surface area contributed by atoms with E-state index in [1.54, 1.807) is 7.11 Å². The molecule has 1 aliphatic heterocycles. The molecule has 5 nitrogen and oxygen atoms in total. The molecular formula is C15H32N4O. The number of aliphatic imine (C=N–C) groups is 1. The van der Waals surface area contributed by atoms with Crippen LogP contribution in [0.15, 0.2) is 4.99 Å². The lowest BCUT2D eigenvalue weighted by atomic mass is 9.97. The Morgan fingerprint density at radius 3 is 2.85 bits per heavy atom. The maximum Gasteiger partial charge on any atom is 0.191 e. The van der Waals surface area contributed by atoms with Gasteiger partial charge in [-0.15, -0.1) is 0 Å². The number of rotatable bonds is 7. The zero-order valence-electron chi connectivity index (χ0n) is 13.6. The fourth-order valence-electron chi connectivity index (χ4n) is 2.55. The summed E-state index contributed by atoms with van der Waals surface area (Å²) in [6, 6.07) is 0.648. The third-order valence-corrected chi connectivity index (χ3v) is 3.73. The minimum absolute atomic E-state index is 0.648. The topological polar surface area (TPSA) is 48.9 Å². The van der Waals surface area contributed by atoms with Gasteiger partial charge in [-0.05, 0) is 46.1 Å². The zero-order valence-corrected chi connectivity index (χ0v) is 13.6. The molecule has 1 aliphatic rings. The molecule has 2 N–H and O–H groups in total. The summed E-state index contributed by atoms with van der Waals surface area (Å²) in [4.78, 5) is 7.28. The molecule has 118 valence electrons. The highest BCUT2D eigenvalue weighted by Gasteiger charge is 2.21. The van der Waals surface area contributed by atoms with Crippen molar-refractivity contribution in [3.05, 3.63) is 0 Å². The second-order valence-corrected chi connectivity index (χ2v) is 5.74. The molecule has 5 heteroatoms. The van der Waals surface area contributed by atoms with E-state index in [2.05, 4.69) is 36.3 Å². The molecular weight excluding hydrogens is 252 g/mol. The van der Waals surface area contributed by atoms with Crippen LogP contribution in [-0.4, -0.2) is 63.3 Å².